The van der Waals surface area contributed by atoms with Crippen LogP contribution in [0.25, 0.3) is 22.1 Å². The van der Waals surface area contributed by atoms with Crippen LogP contribution in [0.5, 0.6) is 0 Å². The molecule has 0 atom stereocenters. The van der Waals surface area contributed by atoms with E-state index in [9.17, 15) is 26.3 Å². The molecule has 18 heteroatoms. The highest BCUT2D eigenvalue weighted by Crippen LogP contribution is 2.34. The van der Waals surface area contributed by atoms with Gasteiger partial charge in [0.2, 0.25) is 0 Å². The number of benzene rings is 2. The van der Waals surface area contributed by atoms with E-state index in [1.54, 1.807) is 42.7 Å². The first kappa shape index (κ1) is 45.9. The van der Waals surface area contributed by atoms with Crippen molar-refractivity contribution in [3.8, 4) is 0 Å². The van der Waals surface area contributed by atoms with Gasteiger partial charge in [-0.15, -0.1) is 34.8 Å². The van der Waals surface area contributed by atoms with Crippen molar-refractivity contribution in [3.05, 3.63) is 119 Å². The van der Waals surface area contributed by atoms with Crippen LogP contribution in [-0.4, -0.2) is 58.6 Å². The van der Waals surface area contributed by atoms with E-state index >= 15 is 0 Å². The van der Waals surface area contributed by atoms with Gasteiger partial charge in [-0.3, -0.25) is 4.90 Å². The Balaban J connectivity index is 0.000000179. The SMILES string of the molecule is ClC1CCCCC1.FC(F)(F)c1ccccc1CNc1nc(CCl)nc2ncccc12.FC(F)(F)c1ccccc1CNc1nc(CN2CCC(Cl)CC2)nc2ncccc12. The van der Waals surface area contributed by atoms with Gasteiger partial charge in [0.25, 0.3) is 0 Å². The van der Waals surface area contributed by atoms with E-state index in [0.717, 1.165) is 38.1 Å². The summed E-state index contributed by atoms with van der Waals surface area (Å²) in [6.07, 6.45) is 2.84. The van der Waals surface area contributed by atoms with E-state index in [1.165, 1.54) is 56.4 Å². The van der Waals surface area contributed by atoms with Crippen LogP contribution >= 0.6 is 34.8 Å². The van der Waals surface area contributed by atoms with Crippen LogP contribution in [0.1, 0.15) is 78.8 Å². The first-order valence-corrected chi connectivity index (χ1v) is 21.3. The van der Waals surface area contributed by atoms with Crippen LogP contribution < -0.4 is 10.6 Å². The highest BCUT2D eigenvalue weighted by Gasteiger charge is 2.34. The Labute approximate surface area is 364 Å². The zero-order valence-corrected chi connectivity index (χ0v) is 35.2. The maximum atomic E-state index is 13.3. The zero-order chi connectivity index (χ0) is 43.4. The van der Waals surface area contributed by atoms with Crippen LogP contribution in [0, 0.1) is 0 Å². The summed E-state index contributed by atoms with van der Waals surface area (Å²) in [5.74, 6) is 1.91. The first-order chi connectivity index (χ1) is 29.3. The number of alkyl halides is 9. The van der Waals surface area contributed by atoms with E-state index < -0.39 is 23.5 Å². The molecule has 0 spiro atoms. The number of piperidine rings is 1. The molecule has 0 bridgehead atoms. The van der Waals surface area contributed by atoms with Crippen molar-refractivity contribution >= 4 is 68.5 Å². The van der Waals surface area contributed by atoms with Crippen LogP contribution in [0.3, 0.4) is 0 Å². The number of fused-ring (bicyclic) bond motifs is 2. The summed E-state index contributed by atoms with van der Waals surface area (Å²) in [4.78, 5) is 28.3. The monoisotopic (exact) mass is 905 g/mol. The lowest BCUT2D eigenvalue weighted by atomic mass is 10.0. The van der Waals surface area contributed by atoms with E-state index in [0.29, 0.717) is 57.3 Å². The summed E-state index contributed by atoms with van der Waals surface area (Å²) in [6, 6.07) is 18.0. The summed E-state index contributed by atoms with van der Waals surface area (Å²) in [5.41, 5.74) is -0.0831. The topological polar surface area (TPSA) is 105 Å². The Bertz CT molecular complexity index is 2340. The second-order valence-corrected chi connectivity index (χ2v) is 16.1. The van der Waals surface area contributed by atoms with Gasteiger partial charge < -0.3 is 10.6 Å². The van der Waals surface area contributed by atoms with Crippen LogP contribution in [0.4, 0.5) is 38.0 Å². The van der Waals surface area contributed by atoms with Gasteiger partial charge in [0.1, 0.15) is 23.3 Å². The van der Waals surface area contributed by atoms with Gasteiger partial charge >= 0.3 is 12.4 Å². The van der Waals surface area contributed by atoms with Crippen LogP contribution in [0.15, 0.2) is 85.2 Å². The molecule has 0 radical (unpaired) electrons. The minimum atomic E-state index is -4.41. The number of nitrogens with zero attached hydrogens (tertiary/aromatic N) is 7. The second-order valence-electron chi connectivity index (χ2n) is 14.6. The van der Waals surface area contributed by atoms with Crippen LogP contribution in [-0.2, 0) is 37.9 Å². The number of nitrogens with one attached hydrogen (secondary N) is 2. The largest absolute Gasteiger partial charge is 0.416 e. The van der Waals surface area contributed by atoms with Gasteiger partial charge in [-0.25, -0.2) is 29.9 Å². The van der Waals surface area contributed by atoms with Crippen molar-refractivity contribution in [1.29, 1.82) is 0 Å². The minimum absolute atomic E-state index is 0.00618. The number of anilines is 2. The third-order valence-corrected chi connectivity index (χ3v) is 11.2. The molecule has 2 fully saturated rings. The lowest BCUT2D eigenvalue weighted by Crippen LogP contribution is -2.34. The van der Waals surface area contributed by atoms with E-state index in [4.69, 9.17) is 34.8 Å². The summed E-state index contributed by atoms with van der Waals surface area (Å²) in [6.45, 7) is 2.23. The summed E-state index contributed by atoms with van der Waals surface area (Å²) in [5, 5.41) is 8.01. The van der Waals surface area contributed by atoms with Crippen molar-refractivity contribution in [2.75, 3.05) is 23.7 Å². The fraction of sp³-hybridized carbons (Fsp3) is 0.395. The number of halogens is 9. The van der Waals surface area contributed by atoms with E-state index in [-0.39, 0.29) is 35.5 Å². The molecule has 4 aromatic heterocycles. The molecule has 1 aliphatic heterocycles. The Morgan fingerprint density at radius 3 is 1.49 bits per heavy atom. The fourth-order valence-electron chi connectivity index (χ4n) is 6.99. The van der Waals surface area contributed by atoms with Gasteiger partial charge in [-0.05, 0) is 73.2 Å². The molecule has 0 amide bonds. The summed E-state index contributed by atoms with van der Waals surface area (Å²) >= 11 is 17.8. The number of aromatic nitrogens is 6. The third kappa shape index (κ3) is 13.2. The van der Waals surface area contributed by atoms with Crippen LogP contribution in [0.2, 0.25) is 0 Å². The maximum absolute atomic E-state index is 13.3. The molecule has 0 unspecified atom stereocenters. The average molecular weight is 907 g/mol. The predicted molar refractivity (Wildman–Crippen MR) is 229 cm³/mol. The molecule has 2 aromatic carbocycles. The summed E-state index contributed by atoms with van der Waals surface area (Å²) in [7, 11) is 0. The van der Waals surface area contributed by atoms with E-state index in [2.05, 4.69) is 45.4 Å². The quantitative estimate of drug-likeness (QED) is 0.108. The average Bonchev–Trinajstić information content (AvgIpc) is 3.25. The molecule has 9 nitrogen and oxygen atoms in total. The molecule has 5 heterocycles. The fourth-order valence-corrected chi connectivity index (χ4v) is 7.61. The molecular formula is C43H44Cl3F6N9. The van der Waals surface area contributed by atoms with Crippen molar-refractivity contribution in [2.24, 2.45) is 0 Å². The molecular weight excluding hydrogens is 863 g/mol. The predicted octanol–water partition coefficient (Wildman–Crippen LogP) is 11.8. The van der Waals surface area contributed by atoms with Gasteiger partial charge in [0, 0.05) is 49.3 Å². The molecule has 2 N–H and O–H groups in total. The van der Waals surface area contributed by atoms with Gasteiger partial charge in [-0.1, -0.05) is 55.7 Å². The molecule has 8 rings (SSSR count). The third-order valence-electron chi connectivity index (χ3n) is 10.1. The lowest BCUT2D eigenvalue weighted by molar-refractivity contribution is -0.139. The number of pyridine rings is 2. The van der Waals surface area contributed by atoms with Crippen molar-refractivity contribution in [2.45, 2.75) is 93.6 Å². The Hall–Kier alpha value is -4.57. The van der Waals surface area contributed by atoms with Gasteiger partial charge in [-0.2, -0.15) is 26.3 Å². The lowest BCUT2D eigenvalue weighted by Gasteiger charge is -2.28. The Morgan fingerprint density at radius 1 is 0.574 bits per heavy atom. The smallest absolute Gasteiger partial charge is 0.365 e. The Kier molecular flexibility index (Phi) is 16.2. The number of rotatable bonds is 9. The van der Waals surface area contributed by atoms with E-state index in [1.807, 2.05) is 6.07 Å². The highest BCUT2D eigenvalue weighted by molar-refractivity contribution is 6.20. The minimum Gasteiger partial charge on any atom is -0.365 e. The molecule has 2 aliphatic rings. The van der Waals surface area contributed by atoms with Gasteiger partial charge in [0.05, 0.1) is 34.3 Å². The maximum Gasteiger partial charge on any atom is 0.416 e. The molecule has 6 aromatic rings. The molecule has 1 aliphatic carbocycles. The number of hydrogen-bond donors (Lipinski definition) is 2. The van der Waals surface area contributed by atoms with Crippen molar-refractivity contribution in [3.63, 3.8) is 0 Å². The first-order valence-electron chi connectivity index (χ1n) is 19.9. The highest BCUT2D eigenvalue weighted by atomic mass is 35.5. The second kappa shape index (κ2) is 21.5. The van der Waals surface area contributed by atoms with Crippen molar-refractivity contribution < 1.29 is 26.3 Å². The molecule has 61 heavy (non-hydrogen) atoms. The molecule has 324 valence electrons. The molecule has 1 saturated carbocycles. The zero-order valence-electron chi connectivity index (χ0n) is 33.0. The standard InChI is InChI=1S/C21H21ClF3N5.C16H12ClF3N4.C6H11Cl/c22-15-7-10-30(11-8-15)13-18-28-19-16(5-3-9-26-19)20(29-18)27-12-14-4-1-2-6-17(14)21(23,24)25;17-8-13-23-14-11(5-3-7-21-14)15(24-13)22-9-10-4-1-2-6-12(10)16(18,19)20;7-6-4-2-1-3-5-6/h1-6,9,15H,7-8,10-13H2,(H,26,27,28,29);1-7H,8-9H2,(H,21,22,23,24);6H,1-5H2. The normalized spacial score (nSPS) is 15.4. The summed E-state index contributed by atoms with van der Waals surface area (Å²) < 4.78 is 79.1. The Morgan fingerprint density at radius 2 is 1.03 bits per heavy atom. The number of likely N-dealkylation sites (tertiary alicyclic amines) is 1. The van der Waals surface area contributed by atoms with Crippen molar-refractivity contribution in [1.82, 2.24) is 34.8 Å². The number of hydrogen-bond acceptors (Lipinski definition) is 9. The molecule has 1 saturated heterocycles. The van der Waals surface area contributed by atoms with Gasteiger partial charge in [0.15, 0.2) is 11.3 Å².